The summed E-state index contributed by atoms with van der Waals surface area (Å²) in [6.45, 7) is 10.3. The molecule has 1 atom stereocenters. The summed E-state index contributed by atoms with van der Waals surface area (Å²) in [5.41, 5.74) is 1.95. The highest BCUT2D eigenvalue weighted by Crippen LogP contribution is 2.21. The third-order valence-electron chi connectivity index (χ3n) is 4.22. The lowest BCUT2D eigenvalue weighted by atomic mass is 10.1. The molecule has 1 unspecified atom stereocenters. The van der Waals surface area contributed by atoms with Crippen molar-refractivity contribution in [1.82, 2.24) is 9.97 Å². The van der Waals surface area contributed by atoms with E-state index in [9.17, 15) is 4.79 Å². The minimum Gasteiger partial charge on any atom is -0.427 e. The van der Waals surface area contributed by atoms with Crippen LogP contribution in [0, 0.1) is 0 Å². The third-order valence-corrected chi connectivity index (χ3v) is 5.33. The van der Waals surface area contributed by atoms with Gasteiger partial charge >= 0.3 is 5.97 Å². The fraction of sp³-hybridized carbons (Fsp3) is 0.500. The fourth-order valence-electron chi connectivity index (χ4n) is 3.07. The first-order chi connectivity index (χ1) is 13.2. The van der Waals surface area contributed by atoms with E-state index in [0.29, 0.717) is 11.9 Å². The number of nitrogens with zero attached hydrogens (tertiary/aromatic N) is 2. The van der Waals surface area contributed by atoms with Gasteiger partial charge in [0.25, 0.3) is 0 Å². The lowest BCUT2D eigenvalue weighted by Gasteiger charge is -2.23. The minimum atomic E-state index is -1.43. The highest BCUT2D eigenvalue weighted by molar-refractivity contribution is 6.69. The molecule has 0 saturated carbocycles. The van der Waals surface area contributed by atoms with Crippen molar-refractivity contribution in [3.05, 3.63) is 42.5 Å². The number of benzene rings is 1. The smallest absolute Gasteiger partial charge is 0.308 e. The molecule has 0 amide bonds. The molecule has 0 saturated heterocycles. The number of esters is 1. The third kappa shape index (κ3) is 8.31. The highest BCUT2D eigenvalue weighted by Gasteiger charge is 2.17. The van der Waals surface area contributed by atoms with Crippen LogP contribution in [0.5, 0.6) is 5.75 Å². The SMILES string of the molecule is CC(=O)Oc1ccc(-c2cnc(CCCCCC(C)O[Si](C)(C)C)nc2)cc1. The molecule has 0 spiro atoms. The van der Waals surface area contributed by atoms with Gasteiger partial charge in [0.1, 0.15) is 11.6 Å². The maximum Gasteiger partial charge on any atom is 0.308 e. The van der Waals surface area contributed by atoms with Crippen molar-refractivity contribution in [2.45, 2.75) is 71.7 Å². The Morgan fingerprint density at radius 3 is 2.21 bits per heavy atom. The van der Waals surface area contributed by atoms with Crippen molar-refractivity contribution in [2.24, 2.45) is 0 Å². The largest absolute Gasteiger partial charge is 0.427 e. The maximum atomic E-state index is 11.0. The molecule has 1 aromatic carbocycles. The quantitative estimate of drug-likeness (QED) is 0.231. The van der Waals surface area contributed by atoms with Gasteiger partial charge in [0.15, 0.2) is 8.32 Å². The van der Waals surface area contributed by atoms with Gasteiger partial charge in [0.2, 0.25) is 0 Å². The minimum absolute atomic E-state index is 0.321. The van der Waals surface area contributed by atoms with E-state index < -0.39 is 8.32 Å². The first-order valence-electron chi connectivity index (χ1n) is 10.0. The molecule has 0 aliphatic heterocycles. The zero-order valence-corrected chi connectivity index (χ0v) is 18.7. The Morgan fingerprint density at radius 2 is 1.64 bits per heavy atom. The van der Waals surface area contributed by atoms with Crippen molar-refractivity contribution in [3.8, 4) is 16.9 Å². The summed E-state index contributed by atoms with van der Waals surface area (Å²) >= 11 is 0. The normalized spacial score (nSPS) is 12.6. The van der Waals surface area contributed by atoms with E-state index in [0.717, 1.165) is 36.2 Å². The number of carbonyl (C=O) groups excluding carboxylic acids is 1. The van der Waals surface area contributed by atoms with E-state index in [1.807, 2.05) is 24.5 Å². The van der Waals surface area contributed by atoms with Crippen LogP contribution < -0.4 is 4.74 Å². The molecule has 0 N–H and O–H groups in total. The molecule has 152 valence electrons. The van der Waals surface area contributed by atoms with Gasteiger partial charge in [-0.15, -0.1) is 0 Å². The van der Waals surface area contributed by atoms with Crippen molar-refractivity contribution < 1.29 is 14.0 Å². The molecule has 5 nitrogen and oxygen atoms in total. The second kappa shape index (κ2) is 10.5. The van der Waals surface area contributed by atoms with Crippen molar-refractivity contribution in [3.63, 3.8) is 0 Å². The van der Waals surface area contributed by atoms with Crippen LogP contribution in [0.4, 0.5) is 0 Å². The number of rotatable bonds is 10. The van der Waals surface area contributed by atoms with E-state index in [-0.39, 0.29) is 5.97 Å². The Kier molecular flexibility index (Phi) is 8.32. The fourth-order valence-corrected chi connectivity index (χ4v) is 4.39. The molecule has 0 radical (unpaired) electrons. The van der Waals surface area contributed by atoms with Crippen LogP contribution in [0.25, 0.3) is 11.1 Å². The van der Waals surface area contributed by atoms with Gasteiger partial charge in [0.05, 0.1) is 0 Å². The molecule has 0 aliphatic rings. The molecule has 2 rings (SSSR count). The lowest BCUT2D eigenvalue weighted by Crippen LogP contribution is -2.30. The van der Waals surface area contributed by atoms with Crippen LogP contribution in [0.2, 0.25) is 19.6 Å². The number of aryl methyl sites for hydroxylation is 1. The topological polar surface area (TPSA) is 61.3 Å². The van der Waals surface area contributed by atoms with Gasteiger partial charge in [-0.2, -0.15) is 0 Å². The van der Waals surface area contributed by atoms with Gasteiger partial charge in [0, 0.05) is 37.4 Å². The van der Waals surface area contributed by atoms with Crippen LogP contribution in [-0.2, 0) is 15.6 Å². The number of hydrogen-bond donors (Lipinski definition) is 0. The number of unbranched alkanes of at least 4 members (excludes halogenated alkanes) is 2. The van der Waals surface area contributed by atoms with Crippen LogP contribution in [0.15, 0.2) is 36.7 Å². The molecule has 6 heteroatoms. The Labute approximate surface area is 169 Å². The Balaban J connectivity index is 1.74. The van der Waals surface area contributed by atoms with Crippen molar-refractivity contribution >= 4 is 14.3 Å². The lowest BCUT2D eigenvalue weighted by molar-refractivity contribution is -0.131. The van der Waals surface area contributed by atoms with E-state index in [2.05, 4.69) is 36.5 Å². The molecule has 2 aromatic rings. The molecule has 0 aliphatic carbocycles. The Hall–Kier alpha value is -2.05. The predicted octanol–water partition coefficient (Wildman–Crippen LogP) is 5.41. The van der Waals surface area contributed by atoms with Crippen molar-refractivity contribution in [1.29, 1.82) is 0 Å². The molecular formula is C22H32N2O3Si. The van der Waals surface area contributed by atoms with Crippen molar-refractivity contribution in [2.75, 3.05) is 0 Å². The standard InChI is InChI=1S/C22H32N2O3Si/c1-17(27-28(3,4)5)9-7-6-8-10-22-23-15-20(16-24-22)19-11-13-21(14-12-19)26-18(2)25/h11-17H,6-10H2,1-5H3. The van der Waals surface area contributed by atoms with Gasteiger partial charge < -0.3 is 9.16 Å². The highest BCUT2D eigenvalue weighted by atomic mass is 28.4. The zero-order valence-electron chi connectivity index (χ0n) is 17.7. The van der Waals surface area contributed by atoms with Crippen LogP contribution in [0.1, 0.15) is 45.4 Å². The number of ether oxygens (including phenoxy) is 1. The molecule has 1 heterocycles. The molecule has 0 fully saturated rings. The number of carbonyl (C=O) groups is 1. The first kappa shape index (κ1) is 22.2. The zero-order chi connectivity index (χ0) is 20.6. The summed E-state index contributed by atoms with van der Waals surface area (Å²) in [5.74, 6) is 1.10. The van der Waals surface area contributed by atoms with Crippen LogP contribution in [-0.4, -0.2) is 30.4 Å². The summed E-state index contributed by atoms with van der Waals surface area (Å²) in [4.78, 5) is 20.0. The van der Waals surface area contributed by atoms with Gasteiger partial charge in [-0.05, 0) is 57.1 Å². The molecule has 0 bridgehead atoms. The summed E-state index contributed by atoms with van der Waals surface area (Å²) in [5, 5.41) is 0. The van der Waals surface area contributed by atoms with Gasteiger partial charge in [-0.1, -0.05) is 25.0 Å². The second-order valence-electron chi connectivity index (χ2n) is 8.15. The average molecular weight is 401 g/mol. The first-order valence-corrected chi connectivity index (χ1v) is 13.4. The monoisotopic (exact) mass is 400 g/mol. The van der Waals surface area contributed by atoms with E-state index in [4.69, 9.17) is 9.16 Å². The summed E-state index contributed by atoms with van der Waals surface area (Å²) in [7, 11) is -1.43. The van der Waals surface area contributed by atoms with E-state index in [1.165, 1.54) is 19.8 Å². The Morgan fingerprint density at radius 1 is 1.00 bits per heavy atom. The predicted molar refractivity (Wildman–Crippen MR) is 115 cm³/mol. The van der Waals surface area contributed by atoms with E-state index in [1.54, 1.807) is 12.1 Å². The Bertz CT molecular complexity index is 740. The van der Waals surface area contributed by atoms with Gasteiger partial charge in [-0.25, -0.2) is 9.97 Å². The van der Waals surface area contributed by atoms with Crippen LogP contribution >= 0.6 is 0 Å². The average Bonchev–Trinajstić information content (AvgIpc) is 2.61. The summed E-state index contributed by atoms with van der Waals surface area (Å²) in [6, 6.07) is 7.36. The summed E-state index contributed by atoms with van der Waals surface area (Å²) in [6.07, 6.45) is 9.52. The summed E-state index contributed by atoms with van der Waals surface area (Å²) < 4.78 is 11.1. The van der Waals surface area contributed by atoms with Gasteiger partial charge in [-0.3, -0.25) is 4.79 Å². The maximum absolute atomic E-state index is 11.0. The van der Waals surface area contributed by atoms with Crippen LogP contribution in [0.3, 0.4) is 0 Å². The second-order valence-corrected chi connectivity index (χ2v) is 12.6. The molecular weight excluding hydrogens is 368 g/mol. The molecule has 1 aromatic heterocycles. The number of hydrogen-bond acceptors (Lipinski definition) is 5. The van der Waals surface area contributed by atoms with E-state index >= 15 is 0 Å². The molecule has 28 heavy (non-hydrogen) atoms. The number of aromatic nitrogens is 2.